The number of sulfonamides is 1. The number of rotatable bonds is 5. The topological polar surface area (TPSA) is 66.5 Å². The number of halogens is 2. The minimum atomic E-state index is -3.49. The molecule has 2 aromatic rings. The van der Waals surface area contributed by atoms with Crippen LogP contribution in [-0.4, -0.2) is 31.7 Å². The van der Waals surface area contributed by atoms with Crippen molar-refractivity contribution >= 4 is 39.1 Å². The first-order valence-electron chi connectivity index (χ1n) is 8.65. The number of hydrogen-bond donors (Lipinski definition) is 1. The summed E-state index contributed by atoms with van der Waals surface area (Å²) < 4.78 is 26.6. The molecule has 1 fully saturated rings. The van der Waals surface area contributed by atoms with E-state index < -0.39 is 10.0 Å². The molecule has 0 aliphatic carbocycles. The third-order valence-electron chi connectivity index (χ3n) is 4.60. The normalized spacial score (nSPS) is 16.3. The van der Waals surface area contributed by atoms with Crippen LogP contribution in [0, 0.1) is 0 Å². The van der Waals surface area contributed by atoms with E-state index in [2.05, 4.69) is 5.32 Å². The Kier molecular flexibility index (Phi) is 6.11. The van der Waals surface area contributed by atoms with Gasteiger partial charge in [-0.2, -0.15) is 4.31 Å². The molecule has 1 N–H and O–H groups in total. The Bertz CT molecular complexity index is 940. The van der Waals surface area contributed by atoms with E-state index in [-0.39, 0.29) is 16.8 Å². The van der Waals surface area contributed by atoms with Gasteiger partial charge in [0, 0.05) is 28.7 Å². The quantitative estimate of drug-likeness (QED) is 0.775. The maximum Gasteiger partial charge on any atom is 0.251 e. The van der Waals surface area contributed by atoms with Crippen molar-refractivity contribution in [3.05, 3.63) is 63.6 Å². The van der Waals surface area contributed by atoms with E-state index in [0.717, 1.165) is 18.4 Å². The van der Waals surface area contributed by atoms with Crippen LogP contribution in [-0.2, 0) is 10.0 Å². The molecule has 0 saturated carbocycles. The smallest absolute Gasteiger partial charge is 0.251 e. The zero-order valence-corrected chi connectivity index (χ0v) is 17.1. The summed E-state index contributed by atoms with van der Waals surface area (Å²) in [5.74, 6) is -0.307. The highest BCUT2D eigenvalue weighted by atomic mass is 35.5. The van der Waals surface area contributed by atoms with Gasteiger partial charge in [-0.25, -0.2) is 8.42 Å². The van der Waals surface area contributed by atoms with Crippen LogP contribution in [0.5, 0.6) is 0 Å². The third-order valence-corrected chi connectivity index (χ3v) is 7.07. The fourth-order valence-electron chi connectivity index (χ4n) is 3.07. The maximum atomic E-state index is 12.5. The molecule has 1 amide bonds. The Labute approximate surface area is 169 Å². The van der Waals surface area contributed by atoms with Gasteiger partial charge in [0.05, 0.1) is 10.9 Å². The van der Waals surface area contributed by atoms with Gasteiger partial charge in [0.15, 0.2) is 0 Å². The van der Waals surface area contributed by atoms with Crippen LogP contribution < -0.4 is 5.32 Å². The molecule has 1 heterocycles. The molecule has 5 nitrogen and oxygen atoms in total. The van der Waals surface area contributed by atoms with Crippen molar-refractivity contribution in [3.63, 3.8) is 0 Å². The van der Waals surface area contributed by atoms with Crippen LogP contribution >= 0.6 is 23.2 Å². The molecule has 3 rings (SSSR count). The standard InChI is InChI=1S/C19H20Cl2N2O3S/c1-13(17-9-6-15(20)12-18(17)21)22-19(24)14-4-7-16(8-5-14)27(25,26)23-10-2-3-11-23/h4-9,12-13H,2-3,10-11H2,1H3,(H,22,24). The highest BCUT2D eigenvalue weighted by Crippen LogP contribution is 2.26. The van der Waals surface area contributed by atoms with E-state index in [4.69, 9.17) is 23.2 Å². The highest BCUT2D eigenvalue weighted by Gasteiger charge is 2.27. The number of hydrogen-bond acceptors (Lipinski definition) is 3. The van der Waals surface area contributed by atoms with E-state index in [1.54, 1.807) is 18.2 Å². The molecule has 0 aromatic heterocycles. The number of nitrogens with one attached hydrogen (secondary N) is 1. The Balaban J connectivity index is 1.72. The minimum Gasteiger partial charge on any atom is -0.345 e. The number of amides is 1. The molecule has 1 aliphatic heterocycles. The molecule has 1 aliphatic rings. The SMILES string of the molecule is CC(NC(=O)c1ccc(S(=O)(=O)N2CCCC2)cc1)c1ccc(Cl)cc1Cl. The largest absolute Gasteiger partial charge is 0.345 e. The molecule has 8 heteroatoms. The van der Waals surface area contributed by atoms with Crippen molar-refractivity contribution in [2.24, 2.45) is 0 Å². The highest BCUT2D eigenvalue weighted by molar-refractivity contribution is 7.89. The second-order valence-corrected chi connectivity index (χ2v) is 9.28. The number of carbonyl (C=O) groups is 1. The van der Waals surface area contributed by atoms with Gasteiger partial charge in [0.2, 0.25) is 10.0 Å². The van der Waals surface area contributed by atoms with Crippen molar-refractivity contribution < 1.29 is 13.2 Å². The van der Waals surface area contributed by atoms with Crippen LogP contribution in [0.1, 0.15) is 41.7 Å². The molecule has 0 bridgehead atoms. The fraction of sp³-hybridized carbons (Fsp3) is 0.316. The predicted octanol–water partition coefficient (Wildman–Crippen LogP) is 4.27. The second kappa shape index (κ2) is 8.19. The first-order valence-corrected chi connectivity index (χ1v) is 10.8. The molecule has 1 atom stereocenters. The maximum absolute atomic E-state index is 12.5. The van der Waals surface area contributed by atoms with Gasteiger partial charge in [-0.05, 0) is 61.7 Å². The Morgan fingerprint density at radius 3 is 2.30 bits per heavy atom. The zero-order chi connectivity index (χ0) is 19.6. The summed E-state index contributed by atoms with van der Waals surface area (Å²) in [6.45, 7) is 2.91. The summed E-state index contributed by atoms with van der Waals surface area (Å²) in [4.78, 5) is 12.7. The van der Waals surface area contributed by atoms with Crippen molar-refractivity contribution in [2.45, 2.75) is 30.7 Å². The van der Waals surface area contributed by atoms with Gasteiger partial charge in [0.25, 0.3) is 5.91 Å². The van der Waals surface area contributed by atoms with E-state index in [0.29, 0.717) is 28.7 Å². The summed E-state index contributed by atoms with van der Waals surface area (Å²) in [7, 11) is -3.49. The van der Waals surface area contributed by atoms with Crippen LogP contribution in [0.3, 0.4) is 0 Å². The first-order chi connectivity index (χ1) is 12.8. The lowest BCUT2D eigenvalue weighted by Crippen LogP contribution is -2.28. The fourth-order valence-corrected chi connectivity index (χ4v) is 5.16. The van der Waals surface area contributed by atoms with Gasteiger partial charge in [-0.15, -0.1) is 0 Å². The predicted molar refractivity (Wildman–Crippen MR) is 107 cm³/mol. The van der Waals surface area contributed by atoms with Gasteiger partial charge in [0.1, 0.15) is 0 Å². The average molecular weight is 427 g/mol. The summed E-state index contributed by atoms with van der Waals surface area (Å²) in [6, 6.07) is 10.8. The number of benzene rings is 2. The minimum absolute atomic E-state index is 0.203. The van der Waals surface area contributed by atoms with Crippen molar-refractivity contribution in [2.75, 3.05) is 13.1 Å². The van der Waals surface area contributed by atoms with Crippen molar-refractivity contribution in [1.82, 2.24) is 9.62 Å². The van der Waals surface area contributed by atoms with Gasteiger partial charge >= 0.3 is 0 Å². The van der Waals surface area contributed by atoms with Crippen molar-refractivity contribution in [1.29, 1.82) is 0 Å². The lowest BCUT2D eigenvalue weighted by atomic mass is 10.1. The van der Waals surface area contributed by atoms with Crippen LogP contribution in [0.4, 0.5) is 0 Å². The van der Waals surface area contributed by atoms with Crippen LogP contribution in [0.15, 0.2) is 47.4 Å². The second-order valence-electron chi connectivity index (χ2n) is 6.50. The molecule has 1 unspecified atom stereocenters. The first kappa shape index (κ1) is 20.1. The molecule has 144 valence electrons. The van der Waals surface area contributed by atoms with E-state index in [1.807, 2.05) is 6.92 Å². The average Bonchev–Trinajstić information content (AvgIpc) is 3.17. The third kappa shape index (κ3) is 4.46. The molecular weight excluding hydrogens is 407 g/mol. The molecule has 27 heavy (non-hydrogen) atoms. The van der Waals surface area contributed by atoms with Crippen molar-refractivity contribution in [3.8, 4) is 0 Å². The Hall–Kier alpha value is -1.60. The molecule has 0 radical (unpaired) electrons. The molecular formula is C19H20Cl2N2O3S. The lowest BCUT2D eigenvalue weighted by Gasteiger charge is -2.17. The van der Waals surface area contributed by atoms with Gasteiger partial charge in [-0.1, -0.05) is 29.3 Å². The summed E-state index contributed by atoms with van der Waals surface area (Å²) in [5, 5.41) is 3.86. The Morgan fingerprint density at radius 1 is 1.07 bits per heavy atom. The molecule has 2 aromatic carbocycles. The van der Waals surface area contributed by atoms with Crippen LogP contribution in [0.2, 0.25) is 10.0 Å². The molecule has 0 spiro atoms. The lowest BCUT2D eigenvalue weighted by molar-refractivity contribution is 0.0940. The van der Waals surface area contributed by atoms with Gasteiger partial charge in [-0.3, -0.25) is 4.79 Å². The van der Waals surface area contributed by atoms with Gasteiger partial charge < -0.3 is 5.32 Å². The molecule has 1 saturated heterocycles. The number of nitrogens with zero attached hydrogens (tertiary/aromatic N) is 1. The summed E-state index contributed by atoms with van der Waals surface area (Å²) in [6.07, 6.45) is 1.76. The summed E-state index contributed by atoms with van der Waals surface area (Å²) in [5.41, 5.74) is 1.13. The number of carbonyl (C=O) groups excluding carboxylic acids is 1. The van der Waals surface area contributed by atoms with Crippen LogP contribution in [0.25, 0.3) is 0 Å². The Morgan fingerprint density at radius 2 is 1.70 bits per heavy atom. The van der Waals surface area contributed by atoms with E-state index >= 15 is 0 Å². The summed E-state index contributed by atoms with van der Waals surface area (Å²) >= 11 is 12.1. The van der Waals surface area contributed by atoms with E-state index in [1.165, 1.54) is 28.6 Å². The monoisotopic (exact) mass is 426 g/mol. The zero-order valence-electron chi connectivity index (χ0n) is 14.8. The van der Waals surface area contributed by atoms with E-state index in [9.17, 15) is 13.2 Å².